The van der Waals surface area contributed by atoms with E-state index in [9.17, 15) is 0 Å². The number of fused-ring (bicyclic) bond motifs is 7. The molecule has 12 rings (SSSR count). The molecule has 0 unspecified atom stereocenters. The van der Waals surface area contributed by atoms with Crippen LogP contribution in [0.5, 0.6) is 0 Å². The van der Waals surface area contributed by atoms with E-state index in [1.807, 2.05) is 0 Å². The summed E-state index contributed by atoms with van der Waals surface area (Å²) in [5.41, 5.74) is 19.6. The van der Waals surface area contributed by atoms with Gasteiger partial charge in [-0.3, -0.25) is 0 Å². The molecule has 1 aliphatic rings. The van der Waals surface area contributed by atoms with Crippen LogP contribution in [0.3, 0.4) is 0 Å². The molecular formula is C61H44N2. The minimum atomic E-state index is -0.0510. The van der Waals surface area contributed by atoms with Gasteiger partial charge in [-0.05, 0) is 128 Å². The van der Waals surface area contributed by atoms with E-state index in [0.29, 0.717) is 0 Å². The number of rotatable bonds is 7. The maximum atomic E-state index is 2.42. The van der Waals surface area contributed by atoms with Gasteiger partial charge in [-0.15, -0.1) is 0 Å². The lowest BCUT2D eigenvalue weighted by Crippen LogP contribution is -2.14. The van der Waals surface area contributed by atoms with E-state index in [0.717, 1.165) is 17.1 Å². The van der Waals surface area contributed by atoms with Gasteiger partial charge in [0.15, 0.2) is 0 Å². The highest BCUT2D eigenvalue weighted by Crippen LogP contribution is 2.50. The van der Waals surface area contributed by atoms with Crippen molar-refractivity contribution in [3.05, 3.63) is 242 Å². The average molecular weight is 805 g/mol. The zero-order chi connectivity index (χ0) is 42.1. The Morgan fingerprint density at radius 2 is 0.873 bits per heavy atom. The SMILES string of the molecule is CC1(C)c2ccccc2-c2ccc(-c3ccc(N(c4ccc(-c5ccccc5)cc4)c4cccc5c(-c6ccc7c(c6)c6ccccc6n7-c6ccccc6)cccc45)cc3)cc21. The molecule has 0 fully saturated rings. The summed E-state index contributed by atoms with van der Waals surface area (Å²) in [6.07, 6.45) is 0. The largest absolute Gasteiger partial charge is 0.310 e. The van der Waals surface area contributed by atoms with E-state index in [4.69, 9.17) is 0 Å². The van der Waals surface area contributed by atoms with Crippen molar-refractivity contribution in [2.75, 3.05) is 4.90 Å². The lowest BCUT2D eigenvalue weighted by Gasteiger charge is -2.28. The molecule has 0 saturated heterocycles. The number of benzene rings is 10. The van der Waals surface area contributed by atoms with Crippen LogP contribution in [0.2, 0.25) is 0 Å². The van der Waals surface area contributed by atoms with Crippen molar-refractivity contribution in [2.45, 2.75) is 19.3 Å². The quantitative estimate of drug-likeness (QED) is 0.156. The van der Waals surface area contributed by atoms with Crippen molar-refractivity contribution in [3.63, 3.8) is 0 Å². The summed E-state index contributed by atoms with van der Waals surface area (Å²) < 4.78 is 2.38. The van der Waals surface area contributed by atoms with Gasteiger partial charge in [0.1, 0.15) is 0 Å². The highest BCUT2D eigenvalue weighted by Gasteiger charge is 2.35. The minimum Gasteiger partial charge on any atom is -0.310 e. The maximum Gasteiger partial charge on any atom is 0.0541 e. The Labute approximate surface area is 368 Å². The molecule has 1 aromatic heterocycles. The van der Waals surface area contributed by atoms with Crippen molar-refractivity contribution < 1.29 is 0 Å². The fraction of sp³-hybridized carbons (Fsp3) is 0.0492. The van der Waals surface area contributed by atoms with Crippen molar-refractivity contribution in [1.82, 2.24) is 4.57 Å². The van der Waals surface area contributed by atoms with Crippen LogP contribution in [-0.4, -0.2) is 4.57 Å². The zero-order valence-corrected chi connectivity index (χ0v) is 35.3. The summed E-state index contributed by atoms with van der Waals surface area (Å²) in [5.74, 6) is 0. The molecule has 0 atom stereocenters. The van der Waals surface area contributed by atoms with Gasteiger partial charge in [0.25, 0.3) is 0 Å². The monoisotopic (exact) mass is 804 g/mol. The van der Waals surface area contributed by atoms with Gasteiger partial charge >= 0.3 is 0 Å². The summed E-state index contributed by atoms with van der Waals surface area (Å²) >= 11 is 0. The van der Waals surface area contributed by atoms with Crippen molar-refractivity contribution in [3.8, 4) is 50.2 Å². The Hall–Kier alpha value is -7.94. The van der Waals surface area contributed by atoms with Crippen LogP contribution in [-0.2, 0) is 5.41 Å². The molecule has 298 valence electrons. The summed E-state index contributed by atoms with van der Waals surface area (Å²) in [6, 6.07) is 84.6. The normalized spacial score (nSPS) is 12.7. The Bertz CT molecular complexity index is 3500. The van der Waals surface area contributed by atoms with Crippen LogP contribution in [0.15, 0.2) is 231 Å². The minimum absolute atomic E-state index is 0.0510. The molecule has 0 N–H and O–H groups in total. The first-order chi connectivity index (χ1) is 31.0. The highest BCUT2D eigenvalue weighted by atomic mass is 15.1. The smallest absolute Gasteiger partial charge is 0.0541 e. The first-order valence-corrected chi connectivity index (χ1v) is 21.9. The lowest BCUT2D eigenvalue weighted by molar-refractivity contribution is 0.660. The number of aromatic nitrogens is 1. The topological polar surface area (TPSA) is 8.17 Å². The third-order valence-corrected chi connectivity index (χ3v) is 13.4. The van der Waals surface area contributed by atoms with Crippen molar-refractivity contribution >= 4 is 49.6 Å². The second-order valence-electron chi connectivity index (χ2n) is 17.3. The molecule has 1 heterocycles. The molecule has 0 amide bonds. The third-order valence-electron chi connectivity index (χ3n) is 13.4. The Morgan fingerprint density at radius 3 is 1.65 bits per heavy atom. The number of hydrogen-bond acceptors (Lipinski definition) is 1. The first-order valence-electron chi connectivity index (χ1n) is 21.9. The van der Waals surface area contributed by atoms with Crippen molar-refractivity contribution in [1.29, 1.82) is 0 Å². The Kier molecular flexibility index (Phi) is 8.55. The average Bonchev–Trinajstić information content (AvgIpc) is 3.80. The number of anilines is 3. The summed E-state index contributed by atoms with van der Waals surface area (Å²) in [6.45, 7) is 4.70. The summed E-state index contributed by atoms with van der Waals surface area (Å²) in [5, 5.41) is 4.90. The van der Waals surface area contributed by atoms with E-state index >= 15 is 0 Å². The zero-order valence-electron chi connectivity index (χ0n) is 35.3. The standard InChI is InChI=1S/C61H44N2/c1-61(2)56-24-11-9-19-51(56)52-37-31-44(40-57(52)61)43-29-35-48(36-30-43)62(47-33-27-42(28-34-47)41-15-5-3-6-16-41)58-26-14-22-50-49(21-13-23-53(50)58)45-32-38-60-55(39-45)54-20-10-12-25-59(54)63(60)46-17-7-4-8-18-46/h3-40H,1-2H3. The van der Waals surface area contributed by atoms with Gasteiger partial charge in [0, 0.05) is 38.6 Å². The molecule has 1 aliphatic carbocycles. The van der Waals surface area contributed by atoms with E-state index in [1.54, 1.807) is 0 Å². The first kappa shape index (κ1) is 36.9. The van der Waals surface area contributed by atoms with Crippen LogP contribution >= 0.6 is 0 Å². The van der Waals surface area contributed by atoms with Crippen LogP contribution in [0.4, 0.5) is 17.1 Å². The molecule has 0 radical (unpaired) electrons. The van der Waals surface area contributed by atoms with Crippen LogP contribution in [0.25, 0.3) is 82.8 Å². The molecular weight excluding hydrogens is 761 g/mol. The van der Waals surface area contributed by atoms with E-state index in [2.05, 4.69) is 254 Å². The van der Waals surface area contributed by atoms with Gasteiger partial charge in [0.05, 0.1) is 16.7 Å². The maximum absolute atomic E-state index is 2.42. The second-order valence-corrected chi connectivity index (χ2v) is 17.3. The predicted octanol–water partition coefficient (Wildman–Crippen LogP) is 16.7. The second kappa shape index (κ2) is 14.6. The molecule has 0 aliphatic heterocycles. The lowest BCUT2D eigenvalue weighted by atomic mass is 9.81. The molecule has 0 bridgehead atoms. The molecule has 0 saturated carbocycles. The third kappa shape index (κ3) is 6.02. The van der Waals surface area contributed by atoms with Crippen LogP contribution in [0.1, 0.15) is 25.0 Å². The van der Waals surface area contributed by atoms with E-state index in [1.165, 1.54) is 93.9 Å². The molecule has 10 aromatic carbocycles. The van der Waals surface area contributed by atoms with Crippen molar-refractivity contribution in [2.24, 2.45) is 0 Å². The number of hydrogen-bond donors (Lipinski definition) is 0. The number of nitrogens with zero attached hydrogens (tertiary/aromatic N) is 2. The summed E-state index contributed by atoms with van der Waals surface area (Å²) in [4.78, 5) is 2.42. The molecule has 0 spiro atoms. The van der Waals surface area contributed by atoms with Crippen LogP contribution < -0.4 is 4.90 Å². The van der Waals surface area contributed by atoms with Gasteiger partial charge in [-0.25, -0.2) is 0 Å². The fourth-order valence-corrected chi connectivity index (χ4v) is 10.3. The number of para-hydroxylation sites is 2. The van der Waals surface area contributed by atoms with Gasteiger partial charge in [-0.2, -0.15) is 0 Å². The van der Waals surface area contributed by atoms with E-state index in [-0.39, 0.29) is 5.41 Å². The highest BCUT2D eigenvalue weighted by molar-refractivity contribution is 6.12. The van der Waals surface area contributed by atoms with E-state index < -0.39 is 0 Å². The fourth-order valence-electron chi connectivity index (χ4n) is 10.3. The van der Waals surface area contributed by atoms with Crippen LogP contribution in [0, 0.1) is 0 Å². The molecule has 2 nitrogen and oxygen atoms in total. The Balaban J connectivity index is 0.978. The molecule has 63 heavy (non-hydrogen) atoms. The Morgan fingerprint density at radius 1 is 0.333 bits per heavy atom. The molecule has 2 heteroatoms. The van der Waals surface area contributed by atoms with Gasteiger partial charge < -0.3 is 9.47 Å². The molecule has 11 aromatic rings. The van der Waals surface area contributed by atoms with Gasteiger partial charge in [0.2, 0.25) is 0 Å². The summed E-state index contributed by atoms with van der Waals surface area (Å²) in [7, 11) is 0. The predicted molar refractivity (Wildman–Crippen MR) is 267 cm³/mol. The van der Waals surface area contributed by atoms with Gasteiger partial charge in [-0.1, -0.05) is 178 Å².